The monoisotopic (exact) mass is 247 g/mol. The van der Waals surface area contributed by atoms with Gasteiger partial charge >= 0.3 is 0 Å². The van der Waals surface area contributed by atoms with Crippen molar-refractivity contribution in [2.45, 2.75) is 26.3 Å². The fourth-order valence-electron chi connectivity index (χ4n) is 2.03. The van der Waals surface area contributed by atoms with Crippen LogP contribution >= 0.6 is 0 Å². The molecule has 4 heteroatoms. The van der Waals surface area contributed by atoms with Crippen molar-refractivity contribution in [2.75, 3.05) is 25.5 Å². The Bertz CT molecular complexity index is 545. The van der Waals surface area contributed by atoms with Crippen LogP contribution in [-0.4, -0.2) is 31.2 Å². The fraction of sp³-hybridized carbons (Fsp3) is 0.500. The molecule has 0 fully saturated rings. The molecular formula is C14H21N3O. The molecule has 0 atom stereocenters. The first-order chi connectivity index (χ1) is 8.41. The lowest BCUT2D eigenvalue weighted by Gasteiger charge is -2.31. The van der Waals surface area contributed by atoms with Gasteiger partial charge in [0.2, 0.25) is 0 Å². The number of aryl methyl sites for hydroxylation is 1. The summed E-state index contributed by atoms with van der Waals surface area (Å²) >= 11 is 0. The zero-order chi connectivity index (χ0) is 13.3. The molecule has 1 aromatic heterocycles. The molecule has 0 aliphatic heterocycles. The number of hydrogen-bond donors (Lipinski definition) is 1. The molecule has 0 radical (unpaired) electrons. The van der Waals surface area contributed by atoms with Crippen LogP contribution < -0.4 is 10.2 Å². The van der Waals surface area contributed by atoms with Gasteiger partial charge in [0, 0.05) is 37.8 Å². The Morgan fingerprint density at radius 3 is 2.78 bits per heavy atom. The van der Waals surface area contributed by atoms with E-state index in [1.54, 1.807) is 0 Å². The van der Waals surface area contributed by atoms with Crippen molar-refractivity contribution in [1.29, 1.82) is 0 Å². The maximum absolute atomic E-state index is 5.56. The quantitative estimate of drug-likeness (QED) is 0.901. The first kappa shape index (κ1) is 12.9. The lowest BCUT2D eigenvalue weighted by Crippen LogP contribution is -2.46. The molecule has 0 spiro atoms. The first-order valence-electron chi connectivity index (χ1n) is 6.18. The Morgan fingerprint density at radius 1 is 1.39 bits per heavy atom. The summed E-state index contributed by atoms with van der Waals surface area (Å²) in [6.45, 7) is 7.15. The third-order valence-electron chi connectivity index (χ3n) is 3.23. The fourth-order valence-corrected chi connectivity index (χ4v) is 2.03. The molecule has 2 rings (SSSR count). The van der Waals surface area contributed by atoms with Gasteiger partial charge < -0.3 is 14.6 Å². The lowest BCUT2D eigenvalue weighted by molar-refractivity contribution is 0.428. The molecule has 2 aromatic rings. The molecule has 0 bridgehead atoms. The Morgan fingerprint density at radius 2 is 2.11 bits per heavy atom. The van der Waals surface area contributed by atoms with Gasteiger partial charge in [0.1, 0.15) is 5.52 Å². The summed E-state index contributed by atoms with van der Waals surface area (Å²) in [7, 11) is 4.07. The van der Waals surface area contributed by atoms with Gasteiger partial charge in [-0.2, -0.15) is 0 Å². The van der Waals surface area contributed by atoms with Crippen molar-refractivity contribution in [3.05, 3.63) is 24.1 Å². The predicted molar refractivity (Wildman–Crippen MR) is 75.2 cm³/mol. The molecule has 0 unspecified atom stereocenters. The van der Waals surface area contributed by atoms with Gasteiger partial charge in [0.15, 0.2) is 11.5 Å². The van der Waals surface area contributed by atoms with Crippen LogP contribution in [0.15, 0.2) is 22.6 Å². The summed E-state index contributed by atoms with van der Waals surface area (Å²) in [6, 6.07) is 6.13. The number of nitrogens with one attached hydrogen (secondary N) is 1. The average Bonchev–Trinajstić information content (AvgIpc) is 2.67. The van der Waals surface area contributed by atoms with E-state index < -0.39 is 0 Å². The minimum Gasteiger partial charge on any atom is -0.441 e. The Balaban J connectivity index is 2.25. The van der Waals surface area contributed by atoms with E-state index in [1.165, 1.54) is 0 Å². The van der Waals surface area contributed by atoms with E-state index in [-0.39, 0.29) is 5.54 Å². The first-order valence-corrected chi connectivity index (χ1v) is 6.18. The maximum atomic E-state index is 5.56. The van der Waals surface area contributed by atoms with Gasteiger partial charge in [0.05, 0.1) is 0 Å². The zero-order valence-corrected chi connectivity index (χ0v) is 11.7. The van der Waals surface area contributed by atoms with Gasteiger partial charge in [-0.15, -0.1) is 0 Å². The van der Waals surface area contributed by atoms with Crippen LogP contribution in [0.5, 0.6) is 0 Å². The minimum absolute atomic E-state index is 0.0705. The second-order valence-electron chi connectivity index (χ2n) is 5.37. The van der Waals surface area contributed by atoms with Gasteiger partial charge in [0.25, 0.3) is 0 Å². The number of rotatable bonds is 4. The lowest BCUT2D eigenvalue weighted by atomic mass is 10.1. The standard InChI is InChI=1S/C14H21N3O/c1-10-16-12-7-6-11(8-13(12)18-10)17(5)9-14(2,3)15-4/h6-8,15H,9H2,1-5H3. The summed E-state index contributed by atoms with van der Waals surface area (Å²) in [5.74, 6) is 0.709. The number of anilines is 1. The molecule has 18 heavy (non-hydrogen) atoms. The maximum Gasteiger partial charge on any atom is 0.192 e. The molecule has 1 N–H and O–H groups in total. The number of aromatic nitrogens is 1. The van der Waals surface area contributed by atoms with Crippen molar-refractivity contribution in [2.24, 2.45) is 0 Å². The van der Waals surface area contributed by atoms with Crippen LogP contribution in [0.3, 0.4) is 0 Å². The molecule has 0 amide bonds. The van der Waals surface area contributed by atoms with E-state index in [9.17, 15) is 0 Å². The molecule has 0 saturated heterocycles. The Hall–Kier alpha value is -1.55. The number of likely N-dealkylation sites (N-methyl/N-ethyl adjacent to an activating group) is 2. The van der Waals surface area contributed by atoms with Crippen molar-refractivity contribution in [3.63, 3.8) is 0 Å². The van der Waals surface area contributed by atoms with Crippen LogP contribution in [0, 0.1) is 6.92 Å². The molecule has 4 nitrogen and oxygen atoms in total. The molecule has 1 aromatic carbocycles. The van der Waals surface area contributed by atoms with Crippen LogP contribution in [0.25, 0.3) is 11.1 Å². The van der Waals surface area contributed by atoms with Crippen LogP contribution in [0.2, 0.25) is 0 Å². The predicted octanol–water partition coefficient (Wildman–Crippen LogP) is 2.57. The summed E-state index contributed by atoms with van der Waals surface area (Å²) in [5.41, 5.74) is 2.97. The van der Waals surface area contributed by atoms with E-state index in [1.807, 2.05) is 26.1 Å². The minimum atomic E-state index is 0.0705. The third-order valence-corrected chi connectivity index (χ3v) is 3.23. The van der Waals surface area contributed by atoms with Crippen molar-refractivity contribution in [1.82, 2.24) is 10.3 Å². The van der Waals surface area contributed by atoms with E-state index >= 15 is 0 Å². The highest BCUT2D eigenvalue weighted by atomic mass is 16.3. The van der Waals surface area contributed by atoms with Crippen molar-refractivity contribution < 1.29 is 4.42 Å². The molecule has 0 aliphatic carbocycles. The summed E-state index contributed by atoms with van der Waals surface area (Å²) in [6.07, 6.45) is 0. The van der Waals surface area contributed by atoms with Gasteiger partial charge in [-0.1, -0.05) is 0 Å². The van der Waals surface area contributed by atoms with Crippen molar-refractivity contribution in [3.8, 4) is 0 Å². The number of nitrogens with zero attached hydrogens (tertiary/aromatic N) is 2. The van der Waals surface area contributed by atoms with Crippen LogP contribution in [0.4, 0.5) is 5.69 Å². The summed E-state index contributed by atoms with van der Waals surface area (Å²) in [4.78, 5) is 6.52. The van der Waals surface area contributed by atoms with Gasteiger partial charge in [-0.05, 0) is 33.0 Å². The molecule has 98 valence electrons. The van der Waals surface area contributed by atoms with Gasteiger partial charge in [-0.25, -0.2) is 4.98 Å². The molecule has 0 aliphatic rings. The highest BCUT2D eigenvalue weighted by Gasteiger charge is 2.18. The summed E-state index contributed by atoms with van der Waals surface area (Å²) < 4.78 is 5.56. The Labute approximate surface area is 108 Å². The second-order valence-corrected chi connectivity index (χ2v) is 5.37. The number of benzene rings is 1. The topological polar surface area (TPSA) is 41.3 Å². The summed E-state index contributed by atoms with van der Waals surface area (Å²) in [5, 5.41) is 3.31. The molecular weight excluding hydrogens is 226 g/mol. The number of hydrogen-bond acceptors (Lipinski definition) is 4. The van der Waals surface area contributed by atoms with E-state index in [0.29, 0.717) is 5.89 Å². The highest BCUT2D eigenvalue weighted by molar-refractivity contribution is 5.77. The largest absolute Gasteiger partial charge is 0.441 e. The van der Waals surface area contributed by atoms with E-state index in [2.05, 4.69) is 42.2 Å². The van der Waals surface area contributed by atoms with E-state index in [0.717, 1.165) is 23.3 Å². The number of fused-ring (bicyclic) bond motifs is 1. The van der Waals surface area contributed by atoms with Crippen molar-refractivity contribution >= 4 is 16.8 Å². The smallest absolute Gasteiger partial charge is 0.192 e. The normalized spacial score (nSPS) is 12.1. The average molecular weight is 247 g/mol. The Kier molecular flexibility index (Phi) is 3.30. The highest BCUT2D eigenvalue weighted by Crippen LogP contribution is 2.23. The van der Waals surface area contributed by atoms with Crippen LogP contribution in [0.1, 0.15) is 19.7 Å². The molecule has 0 saturated carbocycles. The molecule has 1 heterocycles. The van der Waals surface area contributed by atoms with Crippen LogP contribution in [-0.2, 0) is 0 Å². The number of oxazole rings is 1. The van der Waals surface area contributed by atoms with Gasteiger partial charge in [-0.3, -0.25) is 0 Å². The zero-order valence-electron chi connectivity index (χ0n) is 11.7. The second kappa shape index (κ2) is 4.61. The SMILES string of the molecule is CNC(C)(C)CN(C)c1ccc2nc(C)oc2c1. The van der Waals surface area contributed by atoms with E-state index in [4.69, 9.17) is 4.42 Å². The third kappa shape index (κ3) is 2.64.